The number of allylic oxidation sites excluding steroid dienone is 14. The fraction of sp³-hybridized carbons (Fsp3) is 0.803. The first-order chi connectivity index (χ1) is 41.5. The van der Waals surface area contributed by atoms with Gasteiger partial charge in [0.05, 0.1) is 39.9 Å². The van der Waals surface area contributed by atoms with Crippen molar-refractivity contribution < 1.29 is 32.9 Å². The SMILES string of the molecule is CC/C=C\C/C=C\C/C=C\C/C=C\C/C=C\C/C=C\C/C=C\CCCCCCCCCCCCCCCCCCCC(=O)NC(COP(=O)(O)OCC[N+](C)(C)C)C(O)CCCCCCCCCCCCCCCCCCCCCCCCCC. The van der Waals surface area contributed by atoms with Crippen molar-refractivity contribution in [2.24, 2.45) is 0 Å². The number of phosphoric acid groups is 1. The monoisotopic (exact) mass is 1210 g/mol. The molecule has 0 aromatic heterocycles. The quantitative estimate of drug-likeness (QED) is 0.0243. The molecular formula is C76H142N2O6P+. The Labute approximate surface area is 528 Å². The number of amides is 1. The van der Waals surface area contributed by atoms with E-state index in [1.165, 1.54) is 231 Å². The van der Waals surface area contributed by atoms with Crippen LogP contribution in [0.4, 0.5) is 0 Å². The number of nitrogens with zero attached hydrogens (tertiary/aromatic N) is 1. The van der Waals surface area contributed by atoms with Gasteiger partial charge in [0.15, 0.2) is 0 Å². The number of carbonyl (C=O) groups is 1. The van der Waals surface area contributed by atoms with Crippen LogP contribution in [0.1, 0.15) is 341 Å². The third kappa shape index (κ3) is 69.0. The number of likely N-dealkylation sites (N-methyl/N-ethyl adjacent to an activating group) is 1. The van der Waals surface area contributed by atoms with Crippen molar-refractivity contribution in [3.63, 3.8) is 0 Å². The molecule has 0 aliphatic carbocycles. The topological polar surface area (TPSA) is 105 Å². The molecule has 9 heteroatoms. The highest BCUT2D eigenvalue weighted by atomic mass is 31.2. The number of quaternary nitrogens is 1. The van der Waals surface area contributed by atoms with Crippen molar-refractivity contribution in [2.45, 2.75) is 353 Å². The van der Waals surface area contributed by atoms with Gasteiger partial charge in [0.1, 0.15) is 13.2 Å². The molecule has 3 unspecified atom stereocenters. The highest BCUT2D eigenvalue weighted by molar-refractivity contribution is 7.47. The molecule has 0 aliphatic rings. The average Bonchev–Trinajstić information content (AvgIpc) is 3.49. The lowest BCUT2D eigenvalue weighted by atomic mass is 10.0. The van der Waals surface area contributed by atoms with Crippen LogP contribution in [0.25, 0.3) is 0 Å². The van der Waals surface area contributed by atoms with E-state index in [-0.39, 0.29) is 19.1 Å². The zero-order valence-corrected chi connectivity index (χ0v) is 57.7. The van der Waals surface area contributed by atoms with E-state index in [1.807, 2.05) is 21.1 Å². The molecule has 0 bridgehead atoms. The molecule has 0 aromatic rings. The maximum absolute atomic E-state index is 13.1. The molecule has 8 nitrogen and oxygen atoms in total. The van der Waals surface area contributed by atoms with Crippen molar-refractivity contribution in [1.29, 1.82) is 0 Å². The van der Waals surface area contributed by atoms with Crippen LogP contribution in [0, 0.1) is 0 Å². The molecule has 3 N–H and O–H groups in total. The lowest BCUT2D eigenvalue weighted by Crippen LogP contribution is -2.46. The zero-order valence-electron chi connectivity index (χ0n) is 56.8. The van der Waals surface area contributed by atoms with E-state index < -0.39 is 20.0 Å². The summed E-state index contributed by atoms with van der Waals surface area (Å²) in [5, 5.41) is 14.2. The van der Waals surface area contributed by atoms with E-state index in [0.717, 1.165) is 83.5 Å². The van der Waals surface area contributed by atoms with Gasteiger partial charge in [-0.2, -0.15) is 0 Å². The fourth-order valence-electron chi connectivity index (χ4n) is 10.8. The minimum absolute atomic E-state index is 0.0742. The maximum atomic E-state index is 13.1. The molecule has 0 fully saturated rings. The summed E-state index contributed by atoms with van der Waals surface area (Å²) in [7, 11) is 1.63. The number of unbranched alkanes of at least 4 members (excludes halogenated alkanes) is 40. The van der Waals surface area contributed by atoms with Gasteiger partial charge >= 0.3 is 7.82 Å². The second-order valence-electron chi connectivity index (χ2n) is 25.9. The van der Waals surface area contributed by atoms with Crippen molar-refractivity contribution in [2.75, 3.05) is 40.9 Å². The first-order valence-corrected chi connectivity index (χ1v) is 37.9. The first kappa shape index (κ1) is 82.7. The fourth-order valence-corrected chi connectivity index (χ4v) is 11.5. The molecule has 0 heterocycles. The van der Waals surface area contributed by atoms with Gasteiger partial charge < -0.3 is 19.8 Å². The molecule has 496 valence electrons. The van der Waals surface area contributed by atoms with Crippen molar-refractivity contribution in [3.8, 4) is 0 Å². The summed E-state index contributed by atoms with van der Waals surface area (Å²) in [5.41, 5.74) is 0. The van der Waals surface area contributed by atoms with Crippen LogP contribution in [0.2, 0.25) is 0 Å². The molecule has 0 saturated carbocycles. The number of rotatable bonds is 67. The van der Waals surface area contributed by atoms with Crippen molar-refractivity contribution in [1.82, 2.24) is 5.32 Å². The minimum atomic E-state index is -4.33. The average molecular weight is 1210 g/mol. The number of aliphatic hydroxyl groups excluding tert-OH is 1. The van der Waals surface area contributed by atoms with Gasteiger partial charge in [-0.15, -0.1) is 0 Å². The van der Waals surface area contributed by atoms with Gasteiger partial charge in [-0.25, -0.2) is 4.57 Å². The molecule has 85 heavy (non-hydrogen) atoms. The van der Waals surface area contributed by atoms with Gasteiger partial charge in [0.2, 0.25) is 5.91 Å². The maximum Gasteiger partial charge on any atom is 0.472 e. The summed E-state index contributed by atoms with van der Waals surface area (Å²) >= 11 is 0. The Kier molecular flexibility index (Phi) is 64.3. The summed E-state index contributed by atoms with van der Waals surface area (Å²) in [4.78, 5) is 23.5. The predicted octanol–water partition coefficient (Wildman–Crippen LogP) is 23.5. The number of hydrogen-bond donors (Lipinski definition) is 3. The number of hydrogen-bond acceptors (Lipinski definition) is 5. The molecule has 0 saturated heterocycles. The van der Waals surface area contributed by atoms with Crippen LogP contribution in [0.5, 0.6) is 0 Å². The summed E-state index contributed by atoms with van der Waals surface area (Å²) in [6.07, 6.45) is 94.0. The lowest BCUT2D eigenvalue weighted by Gasteiger charge is -2.26. The van der Waals surface area contributed by atoms with E-state index in [9.17, 15) is 19.4 Å². The second-order valence-corrected chi connectivity index (χ2v) is 27.4. The Morgan fingerprint density at radius 1 is 0.412 bits per heavy atom. The smallest absolute Gasteiger partial charge is 0.391 e. The highest BCUT2D eigenvalue weighted by Crippen LogP contribution is 2.43. The molecule has 0 radical (unpaired) electrons. The largest absolute Gasteiger partial charge is 0.472 e. The Morgan fingerprint density at radius 3 is 1.04 bits per heavy atom. The second kappa shape index (κ2) is 66.1. The number of carbonyl (C=O) groups excluding carboxylic acids is 1. The standard InChI is InChI=1S/C76H141N2O6P/c1-6-8-10-12-14-16-18-20-22-24-26-28-30-32-33-34-35-36-37-38-39-40-41-42-43-44-45-46-48-50-52-54-56-58-60-62-64-66-68-70-76(80)77-74(73-84-85(81,82)83-72-71-78(3,4)5)75(79)69-67-65-63-61-59-57-55-53-51-49-47-31-29-27-25-23-21-19-17-15-13-11-9-7-2/h8,10,14,16,20,22,26,28,32-33,35-36,38-39,74-75,79H,6-7,9,11-13,15,17-19,21,23-25,27,29-31,34,37,40-73H2,1-5H3,(H-,77,80,81,82)/p+1/b10-8-,16-14-,22-20-,28-26-,33-32-,36-35-,39-38-. The molecular weight excluding hydrogens is 1070 g/mol. The van der Waals surface area contributed by atoms with Gasteiger partial charge in [0.25, 0.3) is 0 Å². The lowest BCUT2D eigenvalue weighted by molar-refractivity contribution is -0.870. The zero-order chi connectivity index (χ0) is 61.9. The number of phosphoric ester groups is 1. The van der Waals surface area contributed by atoms with Gasteiger partial charge in [-0.3, -0.25) is 13.8 Å². The Bertz CT molecular complexity index is 1660. The van der Waals surface area contributed by atoms with Crippen LogP contribution in [0.3, 0.4) is 0 Å². The van der Waals surface area contributed by atoms with Crippen LogP contribution in [-0.4, -0.2) is 73.4 Å². The third-order valence-electron chi connectivity index (χ3n) is 16.4. The summed E-state index contributed by atoms with van der Waals surface area (Å²) in [5.74, 6) is -0.140. The summed E-state index contributed by atoms with van der Waals surface area (Å²) < 4.78 is 23.9. The van der Waals surface area contributed by atoms with E-state index in [2.05, 4.69) is 104 Å². The van der Waals surface area contributed by atoms with Crippen LogP contribution in [0.15, 0.2) is 85.1 Å². The van der Waals surface area contributed by atoms with E-state index >= 15 is 0 Å². The molecule has 1 amide bonds. The number of nitrogens with one attached hydrogen (secondary N) is 1. The summed E-state index contributed by atoms with van der Waals surface area (Å²) in [6.45, 7) is 4.82. The van der Waals surface area contributed by atoms with Crippen molar-refractivity contribution >= 4 is 13.7 Å². The Balaban J connectivity index is 3.99. The van der Waals surface area contributed by atoms with Gasteiger partial charge in [-0.1, -0.05) is 349 Å². The minimum Gasteiger partial charge on any atom is -0.391 e. The van der Waals surface area contributed by atoms with E-state index in [1.54, 1.807) is 0 Å². The van der Waals surface area contributed by atoms with E-state index in [0.29, 0.717) is 23.9 Å². The molecule has 0 spiro atoms. The van der Waals surface area contributed by atoms with Crippen molar-refractivity contribution in [3.05, 3.63) is 85.1 Å². The molecule has 0 aromatic carbocycles. The van der Waals surface area contributed by atoms with Gasteiger partial charge in [0, 0.05) is 6.42 Å². The molecule has 0 rings (SSSR count). The molecule has 3 atom stereocenters. The van der Waals surface area contributed by atoms with Crippen LogP contribution < -0.4 is 5.32 Å². The molecule has 0 aliphatic heterocycles. The normalized spacial score (nSPS) is 14.1. The number of aliphatic hydroxyl groups is 1. The Hall–Kier alpha value is -2.32. The van der Waals surface area contributed by atoms with Crippen LogP contribution >= 0.6 is 7.82 Å². The first-order valence-electron chi connectivity index (χ1n) is 36.5. The predicted molar refractivity (Wildman–Crippen MR) is 373 cm³/mol. The van der Waals surface area contributed by atoms with Gasteiger partial charge in [-0.05, 0) is 70.6 Å². The summed E-state index contributed by atoms with van der Waals surface area (Å²) in [6, 6.07) is -0.765. The van der Waals surface area contributed by atoms with Crippen LogP contribution in [-0.2, 0) is 18.4 Å². The third-order valence-corrected chi connectivity index (χ3v) is 17.4. The van der Waals surface area contributed by atoms with E-state index in [4.69, 9.17) is 9.05 Å². The Morgan fingerprint density at radius 2 is 0.706 bits per heavy atom. The highest BCUT2D eigenvalue weighted by Gasteiger charge is 2.28.